The smallest absolute Gasteiger partial charge is 0.408 e. The first-order valence-electron chi connectivity index (χ1n) is 12.0. The molecule has 1 aliphatic carbocycles. The number of halogens is 1. The van der Waals surface area contributed by atoms with Gasteiger partial charge < -0.3 is 24.5 Å². The van der Waals surface area contributed by atoms with E-state index in [1.165, 1.54) is 19.4 Å². The summed E-state index contributed by atoms with van der Waals surface area (Å²) in [5.41, 5.74) is 0.407. The number of fused-ring (bicyclic) bond motifs is 1. The van der Waals surface area contributed by atoms with E-state index in [9.17, 15) is 19.5 Å². The van der Waals surface area contributed by atoms with Gasteiger partial charge in [-0.15, -0.1) is 0 Å². The molecule has 3 aromatic carbocycles. The minimum Gasteiger partial charge on any atom is -0.497 e. The molecule has 1 heterocycles. The van der Waals surface area contributed by atoms with Crippen molar-refractivity contribution in [2.24, 2.45) is 0 Å². The van der Waals surface area contributed by atoms with Gasteiger partial charge in [-0.2, -0.15) is 0 Å². The number of pyridine rings is 1. The number of alkyl carbamates (subject to hydrolysis) is 1. The van der Waals surface area contributed by atoms with Crippen LogP contribution in [0.3, 0.4) is 0 Å². The number of amides is 1. The predicted octanol–water partition coefficient (Wildman–Crippen LogP) is 5.06. The van der Waals surface area contributed by atoms with Crippen molar-refractivity contribution in [1.29, 1.82) is 0 Å². The van der Waals surface area contributed by atoms with Crippen LogP contribution < -0.4 is 15.5 Å². The van der Waals surface area contributed by atoms with E-state index in [0.29, 0.717) is 29.8 Å². The van der Waals surface area contributed by atoms with E-state index in [-0.39, 0.29) is 17.6 Å². The third kappa shape index (κ3) is 4.58. The van der Waals surface area contributed by atoms with Crippen molar-refractivity contribution in [3.8, 4) is 11.4 Å². The third-order valence-electron chi connectivity index (χ3n) is 6.81. The standard InChI is InChI=1S/C29H25FN2O6/c1-17-12-19(37-2)8-9-24(17)32-15-21(27(34)35)26(33)20-13-23(30)22(14-25(20)32)29(10-11-29)31-28(36)38-16-18-6-4-3-5-7-18/h3-9,12-15H,10-11,16H2,1-2H3,(H,31,36)(H,34,35). The van der Waals surface area contributed by atoms with Gasteiger partial charge in [-0.25, -0.2) is 14.0 Å². The Kier molecular flexibility index (Phi) is 6.36. The Morgan fingerprint density at radius 3 is 2.47 bits per heavy atom. The number of hydrogen-bond acceptors (Lipinski definition) is 5. The molecule has 5 rings (SSSR count). The number of rotatable bonds is 7. The van der Waals surface area contributed by atoms with Gasteiger partial charge in [-0.05, 0) is 61.2 Å². The SMILES string of the molecule is COc1ccc(-n2cc(C(=O)O)c(=O)c3cc(F)c(C4(NC(=O)OCc5ccccc5)CC4)cc32)c(C)c1. The van der Waals surface area contributed by atoms with Crippen LogP contribution in [0.1, 0.15) is 39.9 Å². The molecule has 1 amide bonds. The van der Waals surface area contributed by atoms with Gasteiger partial charge in [0, 0.05) is 22.8 Å². The lowest BCUT2D eigenvalue weighted by Gasteiger charge is -2.21. The quantitative estimate of drug-likeness (QED) is 0.356. The Morgan fingerprint density at radius 2 is 1.84 bits per heavy atom. The van der Waals surface area contributed by atoms with E-state index in [1.54, 1.807) is 22.8 Å². The molecule has 2 N–H and O–H groups in total. The van der Waals surface area contributed by atoms with Crippen molar-refractivity contribution in [1.82, 2.24) is 9.88 Å². The summed E-state index contributed by atoms with van der Waals surface area (Å²) in [5, 5.41) is 12.4. The van der Waals surface area contributed by atoms with Gasteiger partial charge in [0.1, 0.15) is 23.7 Å². The number of nitrogens with zero attached hydrogens (tertiary/aromatic N) is 1. The number of benzene rings is 3. The first kappa shape index (κ1) is 25.0. The molecular weight excluding hydrogens is 491 g/mol. The fourth-order valence-corrected chi connectivity index (χ4v) is 4.63. The predicted molar refractivity (Wildman–Crippen MR) is 138 cm³/mol. The Bertz CT molecular complexity index is 1630. The Morgan fingerprint density at radius 1 is 1.11 bits per heavy atom. The lowest BCUT2D eigenvalue weighted by Crippen LogP contribution is -2.36. The van der Waals surface area contributed by atoms with E-state index < -0.39 is 34.4 Å². The minimum atomic E-state index is -1.41. The number of nitrogens with one attached hydrogen (secondary N) is 1. The van der Waals surface area contributed by atoms with Crippen LogP contribution in [-0.4, -0.2) is 28.8 Å². The van der Waals surface area contributed by atoms with Gasteiger partial charge in [-0.3, -0.25) is 4.79 Å². The molecule has 194 valence electrons. The summed E-state index contributed by atoms with van der Waals surface area (Å²) in [6.07, 6.45) is 1.52. The van der Waals surface area contributed by atoms with Crippen LogP contribution in [0.4, 0.5) is 9.18 Å². The molecular formula is C29H25FN2O6. The molecule has 1 saturated carbocycles. The fourth-order valence-electron chi connectivity index (χ4n) is 4.63. The number of carboxylic acid groups (broad SMARTS) is 1. The highest BCUT2D eigenvalue weighted by atomic mass is 19.1. The van der Waals surface area contributed by atoms with Crippen molar-refractivity contribution >= 4 is 23.0 Å². The van der Waals surface area contributed by atoms with Crippen LogP contribution >= 0.6 is 0 Å². The van der Waals surface area contributed by atoms with Crippen molar-refractivity contribution < 1.29 is 28.6 Å². The number of aromatic carboxylic acids is 1. The molecule has 1 aliphatic rings. The normalized spacial score (nSPS) is 13.7. The molecule has 1 aromatic heterocycles. The van der Waals surface area contributed by atoms with Crippen molar-refractivity contribution in [2.75, 3.05) is 7.11 Å². The van der Waals surface area contributed by atoms with Crippen LogP contribution in [0.5, 0.6) is 5.75 Å². The van der Waals surface area contributed by atoms with Gasteiger partial charge in [0.25, 0.3) is 0 Å². The van der Waals surface area contributed by atoms with Crippen molar-refractivity contribution in [3.63, 3.8) is 0 Å². The van der Waals surface area contributed by atoms with Crippen LogP contribution in [0.25, 0.3) is 16.6 Å². The van der Waals surface area contributed by atoms with Crippen molar-refractivity contribution in [3.05, 3.63) is 105 Å². The minimum absolute atomic E-state index is 0.0667. The zero-order valence-electron chi connectivity index (χ0n) is 20.8. The van der Waals surface area contributed by atoms with E-state index in [4.69, 9.17) is 9.47 Å². The number of ether oxygens (including phenoxy) is 2. The van der Waals surface area contributed by atoms with E-state index in [1.807, 2.05) is 37.3 Å². The lowest BCUT2D eigenvalue weighted by molar-refractivity contribution is 0.0695. The molecule has 0 radical (unpaired) electrons. The number of hydrogen-bond donors (Lipinski definition) is 2. The Balaban J connectivity index is 1.58. The van der Waals surface area contributed by atoms with Gasteiger partial charge in [0.2, 0.25) is 5.43 Å². The maximum atomic E-state index is 15.5. The molecule has 8 nitrogen and oxygen atoms in total. The summed E-state index contributed by atoms with van der Waals surface area (Å²) in [5.74, 6) is -1.52. The molecule has 0 saturated heterocycles. The molecule has 1 fully saturated rings. The lowest BCUT2D eigenvalue weighted by atomic mass is 10.00. The number of aromatic nitrogens is 1. The van der Waals surface area contributed by atoms with E-state index >= 15 is 4.39 Å². The average molecular weight is 517 g/mol. The molecule has 0 atom stereocenters. The summed E-state index contributed by atoms with van der Waals surface area (Å²) in [4.78, 5) is 37.4. The summed E-state index contributed by atoms with van der Waals surface area (Å²) >= 11 is 0. The van der Waals surface area contributed by atoms with Gasteiger partial charge in [0.05, 0.1) is 18.2 Å². The third-order valence-corrected chi connectivity index (χ3v) is 6.81. The van der Waals surface area contributed by atoms with E-state index in [0.717, 1.165) is 17.2 Å². The second kappa shape index (κ2) is 9.66. The average Bonchev–Trinajstić information content (AvgIpc) is 3.68. The van der Waals surface area contributed by atoms with Crippen LogP contribution in [0.2, 0.25) is 0 Å². The Hall–Kier alpha value is -4.66. The highest BCUT2D eigenvalue weighted by Crippen LogP contribution is 2.47. The maximum absolute atomic E-state index is 15.5. The second-order valence-electron chi connectivity index (χ2n) is 9.32. The highest BCUT2D eigenvalue weighted by molar-refractivity contribution is 5.93. The summed E-state index contributed by atoms with van der Waals surface area (Å²) in [6, 6.07) is 17.0. The summed E-state index contributed by atoms with van der Waals surface area (Å²) in [7, 11) is 1.54. The molecule has 0 spiro atoms. The summed E-state index contributed by atoms with van der Waals surface area (Å²) < 4.78 is 27.6. The Labute approximate surface area is 217 Å². The zero-order chi connectivity index (χ0) is 27.0. The monoisotopic (exact) mass is 516 g/mol. The molecule has 0 unspecified atom stereocenters. The van der Waals surface area contributed by atoms with Gasteiger partial charge >= 0.3 is 12.1 Å². The first-order valence-corrected chi connectivity index (χ1v) is 12.0. The number of carbonyl (C=O) groups is 2. The largest absolute Gasteiger partial charge is 0.497 e. The second-order valence-corrected chi connectivity index (χ2v) is 9.32. The molecule has 0 bridgehead atoms. The molecule has 38 heavy (non-hydrogen) atoms. The number of aryl methyl sites for hydroxylation is 1. The molecule has 9 heteroatoms. The number of methoxy groups -OCH3 is 1. The maximum Gasteiger partial charge on any atom is 0.408 e. The summed E-state index contributed by atoms with van der Waals surface area (Å²) in [6.45, 7) is 1.89. The van der Waals surface area contributed by atoms with Crippen LogP contribution in [-0.2, 0) is 16.9 Å². The van der Waals surface area contributed by atoms with Crippen LogP contribution in [0, 0.1) is 12.7 Å². The fraction of sp³-hybridized carbons (Fsp3) is 0.207. The molecule has 0 aliphatic heterocycles. The number of carboxylic acids is 1. The van der Waals surface area contributed by atoms with Gasteiger partial charge in [0.15, 0.2) is 0 Å². The van der Waals surface area contributed by atoms with E-state index in [2.05, 4.69) is 5.32 Å². The topological polar surface area (TPSA) is 107 Å². The molecule has 4 aromatic rings. The van der Waals surface area contributed by atoms with Crippen molar-refractivity contribution in [2.45, 2.75) is 31.9 Å². The first-order chi connectivity index (χ1) is 18.2. The zero-order valence-corrected chi connectivity index (χ0v) is 20.8. The highest BCUT2D eigenvalue weighted by Gasteiger charge is 2.48. The van der Waals surface area contributed by atoms with Crippen LogP contribution in [0.15, 0.2) is 71.7 Å². The number of carbonyl (C=O) groups excluding carboxylic acids is 1. The van der Waals surface area contributed by atoms with Gasteiger partial charge in [-0.1, -0.05) is 30.3 Å².